The van der Waals surface area contributed by atoms with E-state index in [9.17, 15) is 0 Å². The van der Waals surface area contributed by atoms with Gasteiger partial charge in [-0.05, 0) is 49.8 Å². The highest BCUT2D eigenvalue weighted by Gasteiger charge is 2.32. The zero-order valence-corrected chi connectivity index (χ0v) is 8.72. The molecule has 0 bridgehead atoms. The third kappa shape index (κ3) is 1.19. The van der Waals surface area contributed by atoms with Crippen LogP contribution in [0.3, 0.4) is 0 Å². The topological polar surface area (TPSA) is 12.0 Å². The summed E-state index contributed by atoms with van der Waals surface area (Å²) in [5.74, 6) is 0.908. The second kappa shape index (κ2) is 3.09. The molecule has 1 aromatic carbocycles. The lowest BCUT2D eigenvalue weighted by Crippen LogP contribution is -2.23. The minimum atomic E-state index is 0.666. The molecular formula is C13H17N. The maximum Gasteiger partial charge on any atom is 0.0351 e. The first-order valence-electron chi connectivity index (χ1n) is 5.67. The van der Waals surface area contributed by atoms with Gasteiger partial charge in [0, 0.05) is 6.04 Å². The van der Waals surface area contributed by atoms with Crippen molar-refractivity contribution >= 4 is 0 Å². The van der Waals surface area contributed by atoms with Gasteiger partial charge in [-0.3, -0.25) is 0 Å². The highest BCUT2D eigenvalue weighted by atomic mass is 15.0. The number of nitrogens with one attached hydrogen (secondary N) is 1. The fourth-order valence-corrected chi connectivity index (χ4v) is 3.03. The van der Waals surface area contributed by atoms with E-state index >= 15 is 0 Å². The van der Waals surface area contributed by atoms with Gasteiger partial charge in [0.15, 0.2) is 0 Å². The van der Waals surface area contributed by atoms with Crippen molar-refractivity contribution < 1.29 is 0 Å². The largest absolute Gasteiger partial charge is 0.310 e. The highest BCUT2D eigenvalue weighted by Crippen LogP contribution is 2.39. The highest BCUT2D eigenvalue weighted by molar-refractivity contribution is 5.36. The van der Waals surface area contributed by atoms with E-state index in [2.05, 4.69) is 30.4 Å². The van der Waals surface area contributed by atoms with Crippen molar-refractivity contribution in [2.75, 3.05) is 6.54 Å². The molecule has 14 heavy (non-hydrogen) atoms. The monoisotopic (exact) mass is 187 g/mol. The molecule has 1 heteroatoms. The van der Waals surface area contributed by atoms with Crippen molar-refractivity contribution in [3.8, 4) is 0 Å². The molecule has 1 aromatic rings. The average Bonchev–Trinajstić information content (AvgIpc) is 2.65. The van der Waals surface area contributed by atoms with E-state index in [0.717, 1.165) is 5.92 Å². The molecule has 2 aliphatic rings. The molecular weight excluding hydrogens is 170 g/mol. The van der Waals surface area contributed by atoms with Crippen molar-refractivity contribution in [2.45, 2.75) is 32.2 Å². The lowest BCUT2D eigenvalue weighted by atomic mass is 9.80. The molecule has 1 aliphatic carbocycles. The van der Waals surface area contributed by atoms with E-state index in [1.54, 1.807) is 11.1 Å². The quantitative estimate of drug-likeness (QED) is 0.658. The Morgan fingerprint density at radius 1 is 1.29 bits per heavy atom. The van der Waals surface area contributed by atoms with Crippen molar-refractivity contribution in [3.05, 3.63) is 34.9 Å². The molecule has 1 saturated heterocycles. The predicted molar refractivity (Wildman–Crippen MR) is 58.4 cm³/mol. The van der Waals surface area contributed by atoms with Gasteiger partial charge in [0.05, 0.1) is 0 Å². The summed E-state index contributed by atoms with van der Waals surface area (Å²) in [4.78, 5) is 0. The molecule has 1 aliphatic heterocycles. The predicted octanol–water partition coefficient (Wildman–Crippen LogP) is 2.59. The minimum absolute atomic E-state index is 0.666. The molecule has 0 amide bonds. The van der Waals surface area contributed by atoms with Crippen LogP contribution in [0, 0.1) is 12.8 Å². The second-order valence-corrected chi connectivity index (χ2v) is 4.72. The van der Waals surface area contributed by atoms with Crippen LogP contribution >= 0.6 is 0 Å². The van der Waals surface area contributed by atoms with E-state index < -0.39 is 0 Å². The van der Waals surface area contributed by atoms with Gasteiger partial charge in [-0.1, -0.05) is 23.8 Å². The number of hydrogen-bond acceptors (Lipinski definition) is 1. The SMILES string of the molecule is Cc1ccc2c(c1)CCC1CCNC21. The molecule has 0 saturated carbocycles. The van der Waals surface area contributed by atoms with Crippen molar-refractivity contribution in [1.82, 2.24) is 5.32 Å². The number of aryl methyl sites for hydroxylation is 2. The average molecular weight is 187 g/mol. The van der Waals surface area contributed by atoms with Crippen molar-refractivity contribution in [1.29, 1.82) is 0 Å². The molecule has 1 nitrogen and oxygen atoms in total. The smallest absolute Gasteiger partial charge is 0.0351 e. The number of hydrogen-bond donors (Lipinski definition) is 1. The van der Waals surface area contributed by atoms with Crippen LogP contribution in [0.15, 0.2) is 18.2 Å². The van der Waals surface area contributed by atoms with E-state index in [0.29, 0.717) is 6.04 Å². The van der Waals surface area contributed by atoms with Crippen LogP contribution in [0.5, 0.6) is 0 Å². The van der Waals surface area contributed by atoms with Gasteiger partial charge < -0.3 is 5.32 Å². The fourth-order valence-electron chi connectivity index (χ4n) is 3.03. The Bertz CT molecular complexity index is 356. The Balaban J connectivity index is 2.05. The van der Waals surface area contributed by atoms with Crippen molar-refractivity contribution in [3.63, 3.8) is 0 Å². The van der Waals surface area contributed by atoms with Gasteiger partial charge >= 0.3 is 0 Å². The Labute approximate surface area is 85.5 Å². The first-order valence-corrected chi connectivity index (χ1v) is 5.67. The van der Waals surface area contributed by atoms with Crippen LogP contribution in [0.1, 0.15) is 35.6 Å². The number of rotatable bonds is 0. The van der Waals surface area contributed by atoms with Gasteiger partial charge in [-0.25, -0.2) is 0 Å². The summed E-state index contributed by atoms with van der Waals surface area (Å²) in [7, 11) is 0. The Kier molecular flexibility index (Phi) is 1.88. The molecule has 0 aromatic heterocycles. The first-order chi connectivity index (χ1) is 6.84. The molecule has 0 radical (unpaired) electrons. The van der Waals surface area contributed by atoms with Gasteiger partial charge in [0.1, 0.15) is 0 Å². The number of benzene rings is 1. The van der Waals surface area contributed by atoms with Crippen LogP contribution in [0.25, 0.3) is 0 Å². The zero-order valence-electron chi connectivity index (χ0n) is 8.72. The molecule has 74 valence electrons. The van der Waals surface area contributed by atoms with Crippen LogP contribution < -0.4 is 5.32 Å². The summed E-state index contributed by atoms with van der Waals surface area (Å²) >= 11 is 0. The Morgan fingerprint density at radius 3 is 3.14 bits per heavy atom. The summed E-state index contributed by atoms with van der Waals surface area (Å²) < 4.78 is 0. The minimum Gasteiger partial charge on any atom is -0.310 e. The van der Waals surface area contributed by atoms with E-state index in [1.807, 2.05) is 0 Å². The second-order valence-electron chi connectivity index (χ2n) is 4.72. The maximum atomic E-state index is 3.63. The zero-order chi connectivity index (χ0) is 9.54. The van der Waals surface area contributed by atoms with E-state index in [-0.39, 0.29) is 0 Å². The molecule has 1 N–H and O–H groups in total. The Morgan fingerprint density at radius 2 is 2.21 bits per heavy atom. The van der Waals surface area contributed by atoms with E-state index in [4.69, 9.17) is 0 Å². The van der Waals surface area contributed by atoms with Gasteiger partial charge in [0.2, 0.25) is 0 Å². The van der Waals surface area contributed by atoms with Crippen LogP contribution in [0.4, 0.5) is 0 Å². The summed E-state index contributed by atoms with van der Waals surface area (Å²) in [6, 6.07) is 7.62. The normalized spacial score (nSPS) is 29.8. The summed E-state index contributed by atoms with van der Waals surface area (Å²) in [6.45, 7) is 3.40. The fraction of sp³-hybridized carbons (Fsp3) is 0.538. The third-order valence-electron chi connectivity index (χ3n) is 3.77. The van der Waals surface area contributed by atoms with Crippen molar-refractivity contribution in [2.24, 2.45) is 5.92 Å². The summed E-state index contributed by atoms with van der Waals surface area (Å²) in [5, 5.41) is 3.63. The molecule has 0 spiro atoms. The van der Waals surface area contributed by atoms with Gasteiger partial charge in [-0.15, -0.1) is 0 Å². The molecule has 1 fully saturated rings. The van der Waals surface area contributed by atoms with Crippen LogP contribution in [-0.4, -0.2) is 6.54 Å². The molecule has 2 unspecified atom stereocenters. The molecule has 2 atom stereocenters. The maximum absolute atomic E-state index is 3.63. The van der Waals surface area contributed by atoms with Crippen LogP contribution in [-0.2, 0) is 6.42 Å². The van der Waals surface area contributed by atoms with Crippen LogP contribution in [0.2, 0.25) is 0 Å². The molecule has 3 rings (SSSR count). The molecule has 1 heterocycles. The third-order valence-corrected chi connectivity index (χ3v) is 3.77. The van der Waals surface area contributed by atoms with Gasteiger partial charge in [-0.2, -0.15) is 0 Å². The standard InChI is InChI=1S/C13H17N/c1-9-2-5-12-11(8-9)4-3-10-6-7-14-13(10)12/h2,5,8,10,13-14H,3-4,6-7H2,1H3. The van der Waals surface area contributed by atoms with E-state index in [1.165, 1.54) is 31.4 Å². The Hall–Kier alpha value is -0.820. The summed E-state index contributed by atoms with van der Waals surface area (Å²) in [5.41, 5.74) is 4.56. The van der Waals surface area contributed by atoms with Gasteiger partial charge in [0.25, 0.3) is 0 Å². The lowest BCUT2D eigenvalue weighted by molar-refractivity contribution is 0.405. The first kappa shape index (κ1) is 8.49. The summed E-state index contributed by atoms with van der Waals surface area (Å²) in [6.07, 6.45) is 4.05. The lowest BCUT2D eigenvalue weighted by Gasteiger charge is -2.28. The number of fused-ring (bicyclic) bond motifs is 3.